The van der Waals surface area contributed by atoms with Gasteiger partial charge in [0.05, 0.1) is 13.7 Å². The third kappa shape index (κ3) is 5.20. The van der Waals surface area contributed by atoms with E-state index >= 15 is 0 Å². The minimum absolute atomic E-state index is 0.529. The number of hydrogen-bond donors (Lipinski definition) is 0. The second-order valence-electron chi connectivity index (χ2n) is 6.57. The number of aromatic nitrogens is 1. The minimum atomic E-state index is 0.529. The smallest absolute Gasteiger partial charge is 0.122 e. The molecule has 25 heavy (non-hydrogen) atoms. The molecule has 0 amide bonds. The molecule has 1 aromatic heterocycles. The van der Waals surface area contributed by atoms with Crippen LogP contribution in [0.4, 0.5) is 0 Å². The number of ether oxygens (including phenoxy) is 2. The summed E-state index contributed by atoms with van der Waals surface area (Å²) in [5.41, 5.74) is 1.36. The summed E-state index contributed by atoms with van der Waals surface area (Å²) in [4.78, 5) is 6.91. The molecule has 0 aliphatic carbocycles. The van der Waals surface area contributed by atoms with Crippen molar-refractivity contribution in [2.75, 3.05) is 26.8 Å². The molecule has 0 N–H and O–H groups in total. The van der Waals surface area contributed by atoms with E-state index in [0.717, 1.165) is 37.5 Å². The van der Waals surface area contributed by atoms with Crippen molar-refractivity contribution >= 4 is 0 Å². The van der Waals surface area contributed by atoms with E-state index < -0.39 is 0 Å². The van der Waals surface area contributed by atoms with E-state index in [-0.39, 0.29) is 0 Å². The van der Waals surface area contributed by atoms with Crippen molar-refractivity contribution in [3.8, 4) is 11.5 Å². The second kappa shape index (κ2) is 9.42. The van der Waals surface area contributed by atoms with Gasteiger partial charge in [0.2, 0.25) is 0 Å². The van der Waals surface area contributed by atoms with Crippen molar-refractivity contribution in [3.05, 3.63) is 54.4 Å². The molecular weight excluding hydrogens is 312 g/mol. The zero-order chi connectivity index (χ0) is 17.3. The first-order valence-electron chi connectivity index (χ1n) is 9.27. The predicted molar refractivity (Wildman–Crippen MR) is 100 cm³/mol. The van der Waals surface area contributed by atoms with Crippen LogP contribution in [-0.4, -0.2) is 36.7 Å². The maximum atomic E-state index is 5.84. The van der Waals surface area contributed by atoms with Crippen LogP contribution in [0, 0.1) is 0 Å². The Balaban J connectivity index is 1.42. The molecule has 0 spiro atoms. The van der Waals surface area contributed by atoms with Gasteiger partial charge >= 0.3 is 0 Å². The maximum Gasteiger partial charge on any atom is 0.122 e. The Labute approximate surface area is 150 Å². The zero-order valence-corrected chi connectivity index (χ0v) is 15.1. The number of unbranched alkanes of at least 4 members (excludes halogenated alkanes) is 1. The molecule has 134 valence electrons. The SMILES string of the molecule is COc1cccc(OCCCCN2CCCC[C@H]2c2cccnc2)c1. The summed E-state index contributed by atoms with van der Waals surface area (Å²) in [6, 6.07) is 12.6. The number of likely N-dealkylation sites (tertiary alicyclic amines) is 1. The molecule has 4 heteroatoms. The van der Waals surface area contributed by atoms with E-state index in [1.165, 1.54) is 31.4 Å². The molecule has 3 rings (SSSR count). The second-order valence-corrected chi connectivity index (χ2v) is 6.57. The van der Waals surface area contributed by atoms with E-state index in [0.29, 0.717) is 6.04 Å². The van der Waals surface area contributed by atoms with Gasteiger partial charge in [-0.1, -0.05) is 18.6 Å². The molecule has 0 unspecified atom stereocenters. The number of nitrogens with zero attached hydrogens (tertiary/aromatic N) is 2. The van der Waals surface area contributed by atoms with E-state index in [9.17, 15) is 0 Å². The third-order valence-corrected chi connectivity index (χ3v) is 4.83. The van der Waals surface area contributed by atoms with Crippen molar-refractivity contribution in [2.45, 2.75) is 38.1 Å². The fraction of sp³-hybridized carbons (Fsp3) is 0.476. The van der Waals surface area contributed by atoms with Gasteiger partial charge < -0.3 is 9.47 Å². The first-order valence-corrected chi connectivity index (χ1v) is 9.27. The summed E-state index contributed by atoms with van der Waals surface area (Å²) in [5, 5.41) is 0. The number of methoxy groups -OCH3 is 1. The molecule has 0 bridgehead atoms. The Bertz CT molecular complexity index is 633. The van der Waals surface area contributed by atoms with Gasteiger partial charge in [-0.05, 0) is 62.5 Å². The number of rotatable bonds is 8. The molecule has 1 fully saturated rings. The molecule has 0 saturated carbocycles. The fourth-order valence-electron chi connectivity index (χ4n) is 3.51. The minimum Gasteiger partial charge on any atom is -0.497 e. The van der Waals surface area contributed by atoms with Gasteiger partial charge in [-0.25, -0.2) is 0 Å². The van der Waals surface area contributed by atoms with Crippen LogP contribution >= 0.6 is 0 Å². The average molecular weight is 340 g/mol. The van der Waals surface area contributed by atoms with Gasteiger partial charge in [0.15, 0.2) is 0 Å². The van der Waals surface area contributed by atoms with E-state index in [2.05, 4.69) is 16.0 Å². The molecule has 1 saturated heterocycles. The molecule has 1 atom stereocenters. The van der Waals surface area contributed by atoms with Crippen LogP contribution in [0.2, 0.25) is 0 Å². The monoisotopic (exact) mass is 340 g/mol. The largest absolute Gasteiger partial charge is 0.497 e. The summed E-state index contributed by atoms with van der Waals surface area (Å²) < 4.78 is 11.1. The van der Waals surface area contributed by atoms with Gasteiger partial charge in [-0.15, -0.1) is 0 Å². The molecule has 2 aromatic rings. The van der Waals surface area contributed by atoms with Gasteiger partial charge in [0.1, 0.15) is 11.5 Å². The first-order chi connectivity index (χ1) is 12.4. The Hall–Kier alpha value is -2.07. The highest BCUT2D eigenvalue weighted by Crippen LogP contribution is 2.30. The topological polar surface area (TPSA) is 34.6 Å². The van der Waals surface area contributed by atoms with Gasteiger partial charge in [-0.3, -0.25) is 9.88 Å². The van der Waals surface area contributed by atoms with Gasteiger partial charge in [0.25, 0.3) is 0 Å². The van der Waals surface area contributed by atoms with E-state index in [1.807, 2.05) is 42.7 Å². The van der Waals surface area contributed by atoms with Crippen molar-refractivity contribution < 1.29 is 9.47 Å². The van der Waals surface area contributed by atoms with Crippen LogP contribution in [0.3, 0.4) is 0 Å². The van der Waals surface area contributed by atoms with Crippen LogP contribution in [0.1, 0.15) is 43.7 Å². The quantitative estimate of drug-likeness (QED) is 0.664. The third-order valence-electron chi connectivity index (χ3n) is 4.83. The lowest BCUT2D eigenvalue weighted by molar-refractivity contribution is 0.143. The standard InChI is InChI=1S/C21H28N2O2/c1-24-19-9-6-10-20(16-19)25-15-5-4-14-23-13-3-2-11-21(23)18-8-7-12-22-17-18/h6-10,12,16-17,21H,2-5,11,13-15H2,1H3/t21-/m0/s1. The highest BCUT2D eigenvalue weighted by molar-refractivity contribution is 5.32. The average Bonchev–Trinajstić information content (AvgIpc) is 2.69. The highest BCUT2D eigenvalue weighted by Gasteiger charge is 2.23. The molecule has 4 nitrogen and oxygen atoms in total. The number of hydrogen-bond acceptors (Lipinski definition) is 4. The van der Waals surface area contributed by atoms with Crippen molar-refractivity contribution in [3.63, 3.8) is 0 Å². The van der Waals surface area contributed by atoms with Crippen LogP contribution in [0.15, 0.2) is 48.8 Å². The Morgan fingerprint density at radius 2 is 2.04 bits per heavy atom. The lowest BCUT2D eigenvalue weighted by atomic mass is 9.96. The summed E-state index contributed by atoms with van der Waals surface area (Å²) in [7, 11) is 1.68. The lowest BCUT2D eigenvalue weighted by Gasteiger charge is -2.35. The van der Waals surface area contributed by atoms with Crippen molar-refractivity contribution in [2.24, 2.45) is 0 Å². The van der Waals surface area contributed by atoms with Gasteiger partial charge in [0, 0.05) is 24.5 Å². The number of piperidine rings is 1. The number of pyridine rings is 1. The summed E-state index contributed by atoms with van der Waals surface area (Å²) in [6.07, 6.45) is 9.95. The van der Waals surface area contributed by atoms with Crippen LogP contribution in [0.5, 0.6) is 11.5 Å². The Morgan fingerprint density at radius 3 is 2.88 bits per heavy atom. The normalized spacial score (nSPS) is 18.0. The van der Waals surface area contributed by atoms with Crippen LogP contribution < -0.4 is 9.47 Å². The molecule has 1 aliphatic heterocycles. The molecule has 1 aliphatic rings. The fourth-order valence-corrected chi connectivity index (χ4v) is 3.51. The van der Waals surface area contributed by atoms with E-state index in [1.54, 1.807) is 7.11 Å². The Morgan fingerprint density at radius 1 is 1.12 bits per heavy atom. The highest BCUT2D eigenvalue weighted by atomic mass is 16.5. The van der Waals surface area contributed by atoms with Gasteiger partial charge in [-0.2, -0.15) is 0 Å². The summed E-state index contributed by atoms with van der Waals surface area (Å²) >= 11 is 0. The summed E-state index contributed by atoms with van der Waals surface area (Å²) in [6.45, 7) is 3.07. The van der Waals surface area contributed by atoms with Crippen LogP contribution in [-0.2, 0) is 0 Å². The zero-order valence-electron chi connectivity index (χ0n) is 15.1. The molecule has 2 heterocycles. The Kier molecular flexibility index (Phi) is 6.69. The summed E-state index contributed by atoms with van der Waals surface area (Å²) in [5.74, 6) is 1.72. The predicted octanol–water partition coefficient (Wildman–Crippen LogP) is 4.48. The van der Waals surface area contributed by atoms with Crippen molar-refractivity contribution in [1.29, 1.82) is 0 Å². The van der Waals surface area contributed by atoms with Crippen LogP contribution in [0.25, 0.3) is 0 Å². The molecular formula is C21H28N2O2. The lowest BCUT2D eigenvalue weighted by Crippen LogP contribution is -2.34. The molecule has 1 aromatic carbocycles. The first kappa shape index (κ1) is 17.7. The maximum absolute atomic E-state index is 5.84. The molecule has 0 radical (unpaired) electrons. The number of benzene rings is 1. The van der Waals surface area contributed by atoms with E-state index in [4.69, 9.17) is 9.47 Å². The van der Waals surface area contributed by atoms with Crippen molar-refractivity contribution in [1.82, 2.24) is 9.88 Å².